The van der Waals surface area contributed by atoms with Gasteiger partial charge in [-0.25, -0.2) is 0 Å². The average molecular weight is 268 g/mol. The molecule has 0 aliphatic heterocycles. The molecule has 0 amide bonds. The maximum atomic E-state index is 10.9. The summed E-state index contributed by atoms with van der Waals surface area (Å²) in [7, 11) is 1.39. The van der Waals surface area contributed by atoms with Crippen LogP contribution < -0.4 is 0 Å². The van der Waals surface area contributed by atoms with E-state index in [1.165, 1.54) is 7.11 Å². The van der Waals surface area contributed by atoms with E-state index in [2.05, 4.69) is 11.3 Å². The predicted octanol–water partition coefficient (Wildman–Crippen LogP) is 1.82. The Hall–Kier alpha value is -1.13. The van der Waals surface area contributed by atoms with E-state index in [9.17, 15) is 15.0 Å². The Morgan fingerprint density at radius 2 is 2.11 bits per heavy atom. The molecule has 1 rings (SSSR count). The van der Waals surface area contributed by atoms with Crippen molar-refractivity contribution in [2.45, 2.75) is 44.3 Å². The molecule has 1 saturated carbocycles. The van der Waals surface area contributed by atoms with Gasteiger partial charge in [-0.3, -0.25) is 4.79 Å². The SMILES string of the molecule is C=C[C@@H]1[C@@H](C/C=C\CCCC(=O)OC)[C@@H](O)C[C@H]1O. The molecule has 108 valence electrons. The molecule has 0 aromatic rings. The lowest BCUT2D eigenvalue weighted by Gasteiger charge is -2.18. The molecule has 4 heteroatoms. The summed E-state index contributed by atoms with van der Waals surface area (Å²) in [6.45, 7) is 3.72. The monoisotopic (exact) mass is 268 g/mol. The standard InChI is InChI=1S/C15H24O4/c1-3-11-12(14(17)10-13(11)16)8-6-4-5-7-9-15(18)19-2/h3-4,6,11-14,16-17H,1,5,7-10H2,2H3/b6-4-/t11-,12-,13-,14+/m1/s1. The molecule has 0 aromatic carbocycles. The number of aliphatic hydroxyl groups is 2. The minimum absolute atomic E-state index is 0.0327. The highest BCUT2D eigenvalue weighted by Gasteiger charge is 2.38. The molecular formula is C15H24O4. The highest BCUT2D eigenvalue weighted by Crippen LogP contribution is 2.35. The lowest BCUT2D eigenvalue weighted by molar-refractivity contribution is -0.140. The second kappa shape index (κ2) is 8.12. The molecule has 4 atom stereocenters. The number of esters is 1. The molecule has 0 unspecified atom stereocenters. The first-order valence-electron chi connectivity index (χ1n) is 6.80. The summed E-state index contributed by atoms with van der Waals surface area (Å²) in [5.41, 5.74) is 0. The summed E-state index contributed by atoms with van der Waals surface area (Å²) in [5, 5.41) is 19.6. The Kier molecular flexibility index (Phi) is 6.81. The molecule has 1 aliphatic rings. The molecule has 0 radical (unpaired) electrons. The number of carbonyl (C=O) groups is 1. The number of hydrogen-bond donors (Lipinski definition) is 2. The minimum Gasteiger partial charge on any atom is -0.469 e. The molecule has 0 aromatic heterocycles. The Bertz CT molecular complexity index is 324. The van der Waals surface area contributed by atoms with Gasteiger partial charge in [-0.1, -0.05) is 18.2 Å². The maximum Gasteiger partial charge on any atom is 0.305 e. The first-order chi connectivity index (χ1) is 9.10. The number of allylic oxidation sites excluding steroid dienone is 2. The van der Waals surface area contributed by atoms with Gasteiger partial charge >= 0.3 is 5.97 Å². The third-order valence-electron chi connectivity index (χ3n) is 3.74. The van der Waals surface area contributed by atoms with Crippen LogP contribution in [-0.4, -0.2) is 35.5 Å². The summed E-state index contributed by atoms with van der Waals surface area (Å²) >= 11 is 0. The first-order valence-corrected chi connectivity index (χ1v) is 6.80. The summed E-state index contributed by atoms with van der Waals surface area (Å²) in [5.74, 6) is -0.173. The number of hydrogen-bond acceptors (Lipinski definition) is 4. The fourth-order valence-electron chi connectivity index (χ4n) is 2.60. The van der Waals surface area contributed by atoms with E-state index in [4.69, 9.17) is 0 Å². The topological polar surface area (TPSA) is 66.8 Å². The van der Waals surface area contributed by atoms with Crippen LogP contribution in [0.3, 0.4) is 0 Å². The molecule has 19 heavy (non-hydrogen) atoms. The van der Waals surface area contributed by atoms with Crippen molar-refractivity contribution in [3.05, 3.63) is 24.8 Å². The van der Waals surface area contributed by atoms with Gasteiger partial charge in [0.2, 0.25) is 0 Å². The zero-order valence-corrected chi connectivity index (χ0v) is 11.5. The van der Waals surface area contributed by atoms with Crippen molar-refractivity contribution < 1.29 is 19.7 Å². The van der Waals surface area contributed by atoms with Crippen molar-refractivity contribution in [1.82, 2.24) is 0 Å². The number of unbranched alkanes of at least 4 members (excludes halogenated alkanes) is 1. The largest absolute Gasteiger partial charge is 0.469 e. The van der Waals surface area contributed by atoms with E-state index >= 15 is 0 Å². The Balaban J connectivity index is 2.27. The van der Waals surface area contributed by atoms with Gasteiger partial charge in [0, 0.05) is 18.8 Å². The molecule has 4 nitrogen and oxygen atoms in total. The van der Waals surface area contributed by atoms with Crippen LogP contribution in [0.5, 0.6) is 0 Å². The van der Waals surface area contributed by atoms with Gasteiger partial charge in [0.1, 0.15) is 0 Å². The molecule has 0 spiro atoms. The third kappa shape index (κ3) is 4.80. The van der Waals surface area contributed by atoms with Crippen LogP contribution in [0.25, 0.3) is 0 Å². The number of rotatable bonds is 7. The lowest BCUT2D eigenvalue weighted by Crippen LogP contribution is -2.19. The van der Waals surface area contributed by atoms with E-state index in [1.807, 2.05) is 12.2 Å². The summed E-state index contributed by atoms with van der Waals surface area (Å²) in [6.07, 6.45) is 7.99. The number of methoxy groups -OCH3 is 1. The first kappa shape index (κ1) is 15.9. The zero-order valence-electron chi connectivity index (χ0n) is 11.5. The van der Waals surface area contributed by atoms with Gasteiger partial charge in [0.25, 0.3) is 0 Å². The van der Waals surface area contributed by atoms with E-state index in [0.29, 0.717) is 12.8 Å². The van der Waals surface area contributed by atoms with Crippen LogP contribution in [0.4, 0.5) is 0 Å². The number of aliphatic hydroxyl groups excluding tert-OH is 2. The molecule has 0 heterocycles. The molecular weight excluding hydrogens is 244 g/mol. The maximum absolute atomic E-state index is 10.9. The highest BCUT2D eigenvalue weighted by molar-refractivity contribution is 5.68. The Labute approximate surface area is 114 Å². The second-order valence-electron chi connectivity index (χ2n) is 5.02. The quantitative estimate of drug-likeness (QED) is 0.420. The van der Waals surface area contributed by atoms with Gasteiger partial charge in [-0.05, 0) is 25.2 Å². The second-order valence-corrected chi connectivity index (χ2v) is 5.02. The molecule has 0 bridgehead atoms. The predicted molar refractivity (Wildman–Crippen MR) is 73.4 cm³/mol. The fourth-order valence-corrected chi connectivity index (χ4v) is 2.60. The van der Waals surface area contributed by atoms with Gasteiger partial charge in [-0.2, -0.15) is 0 Å². The summed E-state index contributed by atoms with van der Waals surface area (Å²) in [4.78, 5) is 10.9. The lowest BCUT2D eigenvalue weighted by atomic mass is 9.90. The van der Waals surface area contributed by atoms with E-state index in [0.717, 1.165) is 19.3 Å². The van der Waals surface area contributed by atoms with Crippen molar-refractivity contribution in [3.8, 4) is 0 Å². The van der Waals surface area contributed by atoms with Gasteiger partial charge in [-0.15, -0.1) is 6.58 Å². The number of ether oxygens (including phenoxy) is 1. The minimum atomic E-state index is -0.481. The normalized spacial score (nSPS) is 30.7. The summed E-state index contributed by atoms with van der Waals surface area (Å²) < 4.78 is 4.56. The van der Waals surface area contributed by atoms with Crippen LogP contribution >= 0.6 is 0 Å². The highest BCUT2D eigenvalue weighted by atomic mass is 16.5. The molecule has 2 N–H and O–H groups in total. The zero-order chi connectivity index (χ0) is 14.3. The average Bonchev–Trinajstić information content (AvgIpc) is 2.67. The molecule has 0 saturated heterocycles. The van der Waals surface area contributed by atoms with Crippen LogP contribution in [-0.2, 0) is 9.53 Å². The van der Waals surface area contributed by atoms with Crippen LogP contribution in [0.15, 0.2) is 24.8 Å². The molecule has 1 fully saturated rings. The van der Waals surface area contributed by atoms with Crippen LogP contribution in [0, 0.1) is 11.8 Å². The Morgan fingerprint density at radius 1 is 1.37 bits per heavy atom. The van der Waals surface area contributed by atoms with E-state index in [-0.39, 0.29) is 17.8 Å². The van der Waals surface area contributed by atoms with Crippen molar-refractivity contribution >= 4 is 5.97 Å². The van der Waals surface area contributed by atoms with Crippen molar-refractivity contribution in [3.63, 3.8) is 0 Å². The smallest absolute Gasteiger partial charge is 0.305 e. The third-order valence-corrected chi connectivity index (χ3v) is 3.74. The van der Waals surface area contributed by atoms with E-state index in [1.54, 1.807) is 6.08 Å². The van der Waals surface area contributed by atoms with Crippen molar-refractivity contribution in [1.29, 1.82) is 0 Å². The van der Waals surface area contributed by atoms with E-state index < -0.39 is 12.2 Å². The Morgan fingerprint density at radius 3 is 2.74 bits per heavy atom. The summed E-state index contributed by atoms with van der Waals surface area (Å²) in [6, 6.07) is 0. The van der Waals surface area contributed by atoms with Gasteiger partial charge in [0.15, 0.2) is 0 Å². The van der Waals surface area contributed by atoms with Gasteiger partial charge < -0.3 is 14.9 Å². The molecule has 1 aliphatic carbocycles. The van der Waals surface area contributed by atoms with Crippen LogP contribution in [0.1, 0.15) is 32.1 Å². The van der Waals surface area contributed by atoms with Crippen molar-refractivity contribution in [2.75, 3.05) is 7.11 Å². The van der Waals surface area contributed by atoms with Gasteiger partial charge in [0.05, 0.1) is 19.3 Å². The van der Waals surface area contributed by atoms with Crippen molar-refractivity contribution in [2.24, 2.45) is 11.8 Å². The fraction of sp³-hybridized carbons (Fsp3) is 0.667. The van der Waals surface area contributed by atoms with Crippen LogP contribution in [0.2, 0.25) is 0 Å². The number of carbonyl (C=O) groups excluding carboxylic acids is 1.